The van der Waals surface area contributed by atoms with Crippen LogP contribution in [0.5, 0.6) is 0 Å². The SMILES string of the molecule is CCCNC(Cc1nc(C)cs1)Cc1ccncc1Cl. The fraction of sp³-hybridized carbons (Fsp3) is 0.467. The fourth-order valence-corrected chi connectivity index (χ4v) is 3.16. The van der Waals surface area contributed by atoms with E-state index in [1.807, 2.05) is 13.0 Å². The molecule has 0 amide bonds. The number of nitrogens with one attached hydrogen (secondary N) is 1. The molecule has 2 aromatic rings. The Morgan fingerprint density at radius 3 is 2.90 bits per heavy atom. The van der Waals surface area contributed by atoms with Crippen LogP contribution in [0.3, 0.4) is 0 Å². The van der Waals surface area contributed by atoms with Crippen molar-refractivity contribution in [2.24, 2.45) is 0 Å². The zero-order valence-electron chi connectivity index (χ0n) is 11.9. The van der Waals surface area contributed by atoms with E-state index in [0.29, 0.717) is 6.04 Å². The fourth-order valence-electron chi connectivity index (χ4n) is 2.11. The molecule has 2 rings (SSSR count). The molecule has 0 saturated carbocycles. The molecule has 108 valence electrons. The van der Waals surface area contributed by atoms with Crippen LogP contribution in [-0.2, 0) is 12.8 Å². The predicted octanol–water partition coefficient (Wildman–Crippen LogP) is 3.65. The molecule has 0 fully saturated rings. The van der Waals surface area contributed by atoms with Crippen LogP contribution in [0.25, 0.3) is 0 Å². The molecule has 1 N–H and O–H groups in total. The molecule has 0 radical (unpaired) electrons. The maximum atomic E-state index is 6.21. The Hall–Kier alpha value is -0.970. The Labute approximate surface area is 129 Å². The molecule has 1 atom stereocenters. The molecular weight excluding hydrogens is 290 g/mol. The number of aromatic nitrogens is 2. The Bertz CT molecular complexity index is 541. The van der Waals surface area contributed by atoms with Gasteiger partial charge in [0.05, 0.1) is 10.0 Å². The lowest BCUT2D eigenvalue weighted by molar-refractivity contribution is 0.503. The zero-order chi connectivity index (χ0) is 14.4. The van der Waals surface area contributed by atoms with Gasteiger partial charge in [-0.1, -0.05) is 18.5 Å². The van der Waals surface area contributed by atoms with E-state index < -0.39 is 0 Å². The third-order valence-electron chi connectivity index (χ3n) is 3.09. The number of aryl methyl sites for hydroxylation is 1. The molecule has 2 aromatic heterocycles. The summed E-state index contributed by atoms with van der Waals surface area (Å²) >= 11 is 7.94. The second-order valence-electron chi connectivity index (χ2n) is 4.91. The largest absolute Gasteiger partial charge is 0.313 e. The van der Waals surface area contributed by atoms with Crippen molar-refractivity contribution >= 4 is 22.9 Å². The molecule has 0 bridgehead atoms. The van der Waals surface area contributed by atoms with Crippen LogP contribution >= 0.6 is 22.9 Å². The van der Waals surface area contributed by atoms with Gasteiger partial charge in [-0.05, 0) is 37.9 Å². The molecule has 0 aliphatic carbocycles. The summed E-state index contributed by atoms with van der Waals surface area (Å²) < 4.78 is 0. The highest BCUT2D eigenvalue weighted by Crippen LogP contribution is 2.18. The van der Waals surface area contributed by atoms with Crippen molar-refractivity contribution in [3.8, 4) is 0 Å². The van der Waals surface area contributed by atoms with Gasteiger partial charge < -0.3 is 5.32 Å². The highest BCUT2D eigenvalue weighted by atomic mass is 35.5. The van der Waals surface area contributed by atoms with Crippen molar-refractivity contribution in [2.75, 3.05) is 6.54 Å². The lowest BCUT2D eigenvalue weighted by Gasteiger charge is -2.18. The summed E-state index contributed by atoms with van der Waals surface area (Å²) in [6, 6.07) is 2.36. The van der Waals surface area contributed by atoms with E-state index in [-0.39, 0.29) is 0 Å². The van der Waals surface area contributed by atoms with Crippen LogP contribution in [0.2, 0.25) is 5.02 Å². The van der Waals surface area contributed by atoms with E-state index in [0.717, 1.165) is 42.1 Å². The molecule has 5 heteroatoms. The first-order valence-corrected chi connectivity index (χ1v) is 8.17. The lowest BCUT2D eigenvalue weighted by Crippen LogP contribution is -2.33. The van der Waals surface area contributed by atoms with Gasteiger partial charge in [0.1, 0.15) is 0 Å². The Morgan fingerprint density at radius 1 is 1.40 bits per heavy atom. The first-order chi connectivity index (χ1) is 9.69. The van der Waals surface area contributed by atoms with Crippen molar-refractivity contribution in [3.63, 3.8) is 0 Å². The molecule has 0 aliphatic rings. The predicted molar refractivity (Wildman–Crippen MR) is 85.6 cm³/mol. The first kappa shape index (κ1) is 15.4. The minimum absolute atomic E-state index is 0.361. The van der Waals surface area contributed by atoms with Crippen LogP contribution < -0.4 is 5.32 Å². The van der Waals surface area contributed by atoms with Gasteiger partial charge in [-0.25, -0.2) is 4.98 Å². The number of thiazole rings is 1. The van der Waals surface area contributed by atoms with Gasteiger partial charge >= 0.3 is 0 Å². The summed E-state index contributed by atoms with van der Waals surface area (Å²) in [6.07, 6.45) is 6.47. The van der Waals surface area contributed by atoms with Gasteiger partial charge in [-0.3, -0.25) is 4.98 Å². The molecule has 0 aliphatic heterocycles. The average Bonchev–Trinajstić information content (AvgIpc) is 2.84. The van der Waals surface area contributed by atoms with E-state index in [4.69, 9.17) is 11.6 Å². The Morgan fingerprint density at radius 2 is 2.25 bits per heavy atom. The van der Waals surface area contributed by atoms with Crippen molar-refractivity contribution < 1.29 is 0 Å². The highest BCUT2D eigenvalue weighted by Gasteiger charge is 2.13. The lowest BCUT2D eigenvalue weighted by atomic mass is 10.0. The van der Waals surface area contributed by atoms with Crippen LogP contribution in [0.15, 0.2) is 23.8 Å². The number of hydrogen-bond donors (Lipinski definition) is 1. The molecule has 0 spiro atoms. The van der Waals surface area contributed by atoms with Gasteiger partial charge in [-0.15, -0.1) is 11.3 Å². The Balaban J connectivity index is 2.05. The minimum Gasteiger partial charge on any atom is -0.313 e. The van der Waals surface area contributed by atoms with Gasteiger partial charge in [0.25, 0.3) is 0 Å². The second kappa shape index (κ2) is 7.72. The van der Waals surface area contributed by atoms with E-state index in [9.17, 15) is 0 Å². The van der Waals surface area contributed by atoms with Gasteiger partial charge in [0.2, 0.25) is 0 Å². The van der Waals surface area contributed by atoms with Crippen molar-refractivity contribution in [1.82, 2.24) is 15.3 Å². The van der Waals surface area contributed by atoms with Gasteiger partial charge in [-0.2, -0.15) is 0 Å². The number of hydrogen-bond acceptors (Lipinski definition) is 4. The molecule has 1 unspecified atom stereocenters. The second-order valence-corrected chi connectivity index (χ2v) is 6.26. The average molecular weight is 310 g/mol. The summed E-state index contributed by atoms with van der Waals surface area (Å²) in [5.41, 5.74) is 2.24. The minimum atomic E-state index is 0.361. The van der Waals surface area contributed by atoms with Crippen molar-refractivity contribution in [2.45, 2.75) is 39.2 Å². The first-order valence-electron chi connectivity index (χ1n) is 6.91. The number of rotatable bonds is 7. The third-order valence-corrected chi connectivity index (χ3v) is 4.42. The quantitative estimate of drug-likeness (QED) is 0.848. The van der Waals surface area contributed by atoms with Crippen LogP contribution in [0, 0.1) is 6.92 Å². The molecule has 0 saturated heterocycles. The normalized spacial score (nSPS) is 12.6. The summed E-state index contributed by atoms with van der Waals surface area (Å²) in [4.78, 5) is 8.59. The summed E-state index contributed by atoms with van der Waals surface area (Å²) in [5, 5.41) is 7.62. The van der Waals surface area contributed by atoms with E-state index in [2.05, 4.69) is 27.6 Å². The molecule has 20 heavy (non-hydrogen) atoms. The van der Waals surface area contributed by atoms with Gasteiger partial charge in [0.15, 0.2) is 0 Å². The highest BCUT2D eigenvalue weighted by molar-refractivity contribution is 7.09. The van der Waals surface area contributed by atoms with Crippen LogP contribution in [-0.4, -0.2) is 22.6 Å². The van der Waals surface area contributed by atoms with Gasteiger partial charge in [0, 0.05) is 35.9 Å². The third kappa shape index (κ3) is 4.54. The molecule has 2 heterocycles. The Kier molecular flexibility index (Phi) is 5.95. The van der Waals surface area contributed by atoms with Crippen molar-refractivity contribution in [1.29, 1.82) is 0 Å². The van der Waals surface area contributed by atoms with Crippen LogP contribution in [0.4, 0.5) is 0 Å². The molecule has 3 nitrogen and oxygen atoms in total. The maximum Gasteiger partial charge on any atom is 0.0943 e. The number of pyridine rings is 1. The van der Waals surface area contributed by atoms with E-state index in [1.54, 1.807) is 23.7 Å². The zero-order valence-corrected chi connectivity index (χ0v) is 13.5. The summed E-state index contributed by atoms with van der Waals surface area (Å²) in [7, 11) is 0. The number of halogens is 1. The molecule has 0 aromatic carbocycles. The standard InChI is InChI=1S/C15H20ClN3S/c1-3-5-18-13(8-15-19-11(2)10-20-15)7-12-4-6-17-9-14(12)16/h4,6,9-10,13,18H,3,5,7-8H2,1-2H3. The topological polar surface area (TPSA) is 37.8 Å². The molecular formula is C15H20ClN3S. The summed E-state index contributed by atoms with van der Waals surface area (Å²) in [5.74, 6) is 0. The smallest absolute Gasteiger partial charge is 0.0943 e. The van der Waals surface area contributed by atoms with Crippen molar-refractivity contribution in [3.05, 3.63) is 45.1 Å². The van der Waals surface area contributed by atoms with E-state index >= 15 is 0 Å². The summed E-state index contributed by atoms with van der Waals surface area (Å²) in [6.45, 7) is 5.23. The van der Waals surface area contributed by atoms with Crippen LogP contribution in [0.1, 0.15) is 29.6 Å². The van der Waals surface area contributed by atoms with E-state index in [1.165, 1.54) is 5.01 Å². The number of nitrogens with zero attached hydrogens (tertiary/aromatic N) is 2. The monoisotopic (exact) mass is 309 g/mol. The maximum absolute atomic E-state index is 6.21.